The van der Waals surface area contributed by atoms with E-state index in [1.165, 1.54) is 0 Å². The van der Waals surface area contributed by atoms with Gasteiger partial charge in [0.05, 0.1) is 10.4 Å². The zero-order valence-electron chi connectivity index (χ0n) is 12.6. The normalized spacial score (nSPS) is 16.3. The molecule has 3 rings (SSSR count). The molecule has 0 bridgehead atoms. The first kappa shape index (κ1) is 16.7. The van der Waals surface area contributed by atoms with Gasteiger partial charge in [0.2, 0.25) is 5.95 Å². The zero-order chi connectivity index (χ0) is 16.7. The third kappa shape index (κ3) is 2.85. The molecule has 0 amide bonds. The first-order chi connectivity index (χ1) is 10.9. The van der Waals surface area contributed by atoms with Gasteiger partial charge in [0.1, 0.15) is 4.47 Å². The molecule has 124 valence electrons. The second-order valence-electron chi connectivity index (χ2n) is 5.63. The van der Waals surface area contributed by atoms with Gasteiger partial charge >= 0.3 is 5.69 Å². The molecule has 2 N–H and O–H groups in total. The number of aryl methyl sites for hydroxylation is 1. The molecule has 9 heteroatoms. The first-order valence-electron chi connectivity index (χ1n) is 7.47. The number of nitrogens with two attached hydrogens (primary N) is 1. The van der Waals surface area contributed by atoms with Crippen LogP contribution in [0.5, 0.6) is 0 Å². The summed E-state index contributed by atoms with van der Waals surface area (Å²) in [4.78, 5) is 17.9. The van der Waals surface area contributed by atoms with E-state index in [2.05, 4.69) is 41.7 Å². The maximum Gasteiger partial charge on any atom is 0.312 e. The molecule has 1 aliphatic heterocycles. The second-order valence-corrected chi connectivity index (χ2v) is 7.27. The van der Waals surface area contributed by atoms with Crippen LogP contribution < -0.4 is 10.6 Å². The number of piperidine rings is 1. The summed E-state index contributed by atoms with van der Waals surface area (Å²) in [5.74, 6) is 0.780. The highest BCUT2D eigenvalue weighted by Gasteiger charge is 2.28. The average molecular weight is 447 g/mol. The van der Waals surface area contributed by atoms with Gasteiger partial charge in [-0.15, -0.1) is 0 Å². The van der Waals surface area contributed by atoms with Crippen LogP contribution in [0.1, 0.15) is 19.8 Å². The molecule has 1 aliphatic rings. The van der Waals surface area contributed by atoms with Crippen molar-refractivity contribution >= 4 is 54.5 Å². The smallest absolute Gasteiger partial charge is 0.312 e. The van der Waals surface area contributed by atoms with E-state index in [0.29, 0.717) is 21.0 Å². The van der Waals surface area contributed by atoms with Crippen LogP contribution in [-0.4, -0.2) is 33.6 Å². The largest absolute Gasteiger partial charge is 0.342 e. The van der Waals surface area contributed by atoms with Gasteiger partial charge in [-0.3, -0.25) is 10.1 Å². The summed E-state index contributed by atoms with van der Waals surface area (Å²) in [6, 6.07) is 2.10. The zero-order valence-corrected chi connectivity index (χ0v) is 15.8. The van der Waals surface area contributed by atoms with Gasteiger partial charge in [0, 0.05) is 30.1 Å². The highest BCUT2D eigenvalue weighted by molar-refractivity contribution is 9.13. The maximum atomic E-state index is 11.5. The van der Waals surface area contributed by atoms with Crippen molar-refractivity contribution in [3.63, 3.8) is 0 Å². The Labute approximate surface area is 150 Å². The Morgan fingerprint density at radius 3 is 2.65 bits per heavy atom. The van der Waals surface area contributed by atoms with Gasteiger partial charge in [0.25, 0.3) is 0 Å². The molecule has 0 saturated carbocycles. The van der Waals surface area contributed by atoms with Crippen LogP contribution in [0, 0.1) is 10.1 Å². The summed E-state index contributed by atoms with van der Waals surface area (Å²) in [6.07, 6.45) is 1.81. The monoisotopic (exact) mass is 445 g/mol. The van der Waals surface area contributed by atoms with Crippen LogP contribution in [-0.2, 0) is 6.54 Å². The van der Waals surface area contributed by atoms with E-state index in [1.807, 2.05) is 17.6 Å². The number of halogens is 2. The Kier molecular flexibility index (Phi) is 4.61. The van der Waals surface area contributed by atoms with E-state index < -0.39 is 0 Å². The molecule has 23 heavy (non-hydrogen) atoms. The lowest BCUT2D eigenvalue weighted by atomic mass is 10.1. The quantitative estimate of drug-likeness (QED) is 0.576. The third-order valence-corrected chi connectivity index (χ3v) is 6.17. The number of rotatable bonds is 3. The predicted molar refractivity (Wildman–Crippen MR) is 96.9 cm³/mol. The van der Waals surface area contributed by atoms with E-state index in [9.17, 15) is 10.1 Å². The molecule has 7 nitrogen and oxygen atoms in total. The number of aromatic nitrogens is 2. The summed E-state index contributed by atoms with van der Waals surface area (Å²) < 4.78 is 3.10. The topological polar surface area (TPSA) is 90.2 Å². The van der Waals surface area contributed by atoms with E-state index in [1.54, 1.807) is 0 Å². The Morgan fingerprint density at radius 2 is 2.09 bits per heavy atom. The van der Waals surface area contributed by atoms with E-state index in [4.69, 9.17) is 5.73 Å². The van der Waals surface area contributed by atoms with Crippen LogP contribution >= 0.6 is 31.9 Å². The number of hydrogen-bond acceptors (Lipinski definition) is 5. The molecule has 0 radical (unpaired) electrons. The lowest BCUT2D eigenvalue weighted by Gasteiger charge is -2.31. The van der Waals surface area contributed by atoms with Crippen molar-refractivity contribution in [1.29, 1.82) is 0 Å². The van der Waals surface area contributed by atoms with E-state index in [-0.39, 0.29) is 16.7 Å². The van der Waals surface area contributed by atoms with Crippen molar-refractivity contribution in [2.75, 3.05) is 18.0 Å². The molecular weight excluding hydrogens is 430 g/mol. The Hall–Kier alpha value is -1.19. The van der Waals surface area contributed by atoms with Crippen LogP contribution in [0.25, 0.3) is 11.0 Å². The number of benzene rings is 1. The van der Waals surface area contributed by atoms with Crippen molar-refractivity contribution in [3.05, 3.63) is 25.1 Å². The molecule has 0 spiro atoms. The van der Waals surface area contributed by atoms with Crippen LogP contribution in [0.3, 0.4) is 0 Å². The highest BCUT2D eigenvalue weighted by atomic mass is 79.9. The Bertz CT molecular complexity index is 768. The lowest BCUT2D eigenvalue weighted by molar-refractivity contribution is -0.384. The van der Waals surface area contributed by atoms with Gasteiger partial charge in [-0.2, -0.15) is 0 Å². The summed E-state index contributed by atoms with van der Waals surface area (Å²) in [6.45, 7) is 4.35. The molecule has 0 aliphatic carbocycles. The number of anilines is 1. The molecule has 2 heterocycles. The van der Waals surface area contributed by atoms with Crippen molar-refractivity contribution in [2.24, 2.45) is 5.73 Å². The van der Waals surface area contributed by atoms with Gasteiger partial charge < -0.3 is 15.2 Å². The first-order valence-corrected chi connectivity index (χ1v) is 9.05. The molecule has 1 aromatic carbocycles. The molecule has 1 aromatic heterocycles. The number of nitro benzene ring substituents is 1. The molecule has 1 fully saturated rings. The fraction of sp³-hybridized carbons (Fsp3) is 0.500. The van der Waals surface area contributed by atoms with E-state index in [0.717, 1.165) is 37.4 Å². The summed E-state index contributed by atoms with van der Waals surface area (Å²) in [7, 11) is 0. The van der Waals surface area contributed by atoms with Crippen LogP contribution in [0.4, 0.5) is 11.6 Å². The second kappa shape index (κ2) is 6.37. The number of nitro groups is 1. The van der Waals surface area contributed by atoms with Crippen molar-refractivity contribution in [2.45, 2.75) is 32.4 Å². The summed E-state index contributed by atoms with van der Waals surface area (Å²) in [5, 5.41) is 11.5. The van der Waals surface area contributed by atoms with Crippen molar-refractivity contribution in [3.8, 4) is 0 Å². The number of imidazole rings is 1. The molecule has 0 atom stereocenters. The minimum absolute atomic E-state index is 0.00321. The third-order valence-electron chi connectivity index (χ3n) is 4.21. The fourth-order valence-corrected chi connectivity index (χ4v) is 3.85. The molecular formula is C14H17Br2N5O2. The van der Waals surface area contributed by atoms with Crippen molar-refractivity contribution in [1.82, 2.24) is 9.55 Å². The van der Waals surface area contributed by atoms with Gasteiger partial charge in [-0.25, -0.2) is 4.98 Å². The standard InChI is InChI=1S/C14H17Br2N5O2/c1-2-20-10-7-9(15)11(16)13(21(22)23)12(10)18-14(20)19-5-3-8(17)4-6-19/h7-8H,2-6,17H2,1H3. The summed E-state index contributed by atoms with van der Waals surface area (Å²) in [5.41, 5.74) is 7.14. The molecule has 1 saturated heterocycles. The van der Waals surface area contributed by atoms with Gasteiger partial charge in [0.15, 0.2) is 5.52 Å². The van der Waals surface area contributed by atoms with Gasteiger partial charge in [-0.1, -0.05) is 0 Å². The van der Waals surface area contributed by atoms with Gasteiger partial charge in [-0.05, 0) is 57.7 Å². The maximum absolute atomic E-state index is 11.5. The lowest BCUT2D eigenvalue weighted by Crippen LogP contribution is -2.40. The molecule has 2 aromatic rings. The highest BCUT2D eigenvalue weighted by Crippen LogP contribution is 2.40. The Balaban J connectivity index is 2.20. The number of nitrogens with zero attached hydrogens (tertiary/aromatic N) is 4. The number of hydrogen-bond donors (Lipinski definition) is 1. The Morgan fingerprint density at radius 1 is 1.43 bits per heavy atom. The fourth-order valence-electron chi connectivity index (χ4n) is 2.99. The minimum atomic E-state index is -0.389. The van der Waals surface area contributed by atoms with Crippen LogP contribution in [0.2, 0.25) is 0 Å². The average Bonchev–Trinajstić information content (AvgIpc) is 2.86. The number of fused-ring (bicyclic) bond motifs is 1. The van der Waals surface area contributed by atoms with Crippen molar-refractivity contribution < 1.29 is 4.92 Å². The minimum Gasteiger partial charge on any atom is -0.342 e. The SMILES string of the molecule is CCn1c(N2CCC(N)CC2)nc2c([N+](=O)[O-])c(Br)c(Br)cc21. The van der Waals surface area contributed by atoms with E-state index >= 15 is 0 Å². The van der Waals surface area contributed by atoms with Crippen LogP contribution in [0.15, 0.2) is 15.0 Å². The molecule has 0 unspecified atom stereocenters. The predicted octanol–water partition coefficient (Wildman–Crippen LogP) is 3.42. The summed E-state index contributed by atoms with van der Waals surface area (Å²) >= 11 is 6.68.